The maximum atomic E-state index is 12.1. The Labute approximate surface area is 190 Å². The van der Waals surface area contributed by atoms with E-state index in [4.69, 9.17) is 0 Å². The van der Waals surface area contributed by atoms with E-state index in [0.29, 0.717) is 24.8 Å². The average molecular weight is 456 g/mol. The van der Waals surface area contributed by atoms with E-state index >= 15 is 0 Å². The van der Waals surface area contributed by atoms with Gasteiger partial charge in [-0.3, -0.25) is 4.31 Å². The van der Waals surface area contributed by atoms with Gasteiger partial charge in [0.05, 0.1) is 5.69 Å². The number of fused-ring (bicyclic) bond motifs is 1. The second-order valence-electron chi connectivity index (χ2n) is 7.97. The van der Waals surface area contributed by atoms with E-state index < -0.39 is 10.2 Å². The zero-order chi connectivity index (χ0) is 20.6. The largest absolute Gasteiger partial charge is 0.309 e. The predicted octanol–water partition coefficient (Wildman–Crippen LogP) is 3.69. The minimum atomic E-state index is -3.41. The van der Waals surface area contributed by atoms with Crippen molar-refractivity contribution in [3.63, 3.8) is 0 Å². The predicted molar refractivity (Wildman–Crippen MR) is 128 cm³/mol. The van der Waals surface area contributed by atoms with Crippen molar-refractivity contribution in [2.45, 2.75) is 25.4 Å². The standard InChI is InChI=1S/C24H25N3O2S.ClH/c28-30(29)26-12-13-27(30)24-7-3-6-22(16-24)19-10-8-18(9-11-19)17-25-23-14-20-4-1-2-5-21(20)15-23;/h1-11,16,23,25-26H,12-15,17H2;1H. The molecule has 3 aromatic rings. The fourth-order valence-electron chi connectivity index (χ4n) is 4.36. The molecule has 31 heavy (non-hydrogen) atoms. The summed E-state index contributed by atoms with van der Waals surface area (Å²) in [6.45, 7) is 1.75. The number of nitrogens with one attached hydrogen (secondary N) is 2. The van der Waals surface area contributed by atoms with Gasteiger partial charge >= 0.3 is 10.2 Å². The van der Waals surface area contributed by atoms with E-state index in [-0.39, 0.29) is 12.4 Å². The molecule has 0 radical (unpaired) electrons. The van der Waals surface area contributed by atoms with Crippen LogP contribution >= 0.6 is 12.4 Å². The van der Waals surface area contributed by atoms with E-state index in [1.807, 2.05) is 24.3 Å². The van der Waals surface area contributed by atoms with Gasteiger partial charge in [-0.15, -0.1) is 12.4 Å². The second-order valence-corrected chi connectivity index (χ2v) is 9.65. The Morgan fingerprint density at radius 3 is 2.26 bits per heavy atom. The van der Waals surface area contributed by atoms with Crippen molar-refractivity contribution in [2.24, 2.45) is 0 Å². The summed E-state index contributed by atoms with van der Waals surface area (Å²) in [6.07, 6.45) is 2.19. The second kappa shape index (κ2) is 9.01. The van der Waals surface area contributed by atoms with Crippen LogP contribution < -0.4 is 14.3 Å². The lowest BCUT2D eigenvalue weighted by atomic mass is 10.0. The van der Waals surface area contributed by atoms with E-state index in [1.54, 1.807) is 0 Å². The molecule has 0 unspecified atom stereocenters. The van der Waals surface area contributed by atoms with Crippen molar-refractivity contribution in [3.8, 4) is 11.1 Å². The first-order chi connectivity index (χ1) is 14.6. The summed E-state index contributed by atoms with van der Waals surface area (Å²) in [6, 6.07) is 25.4. The molecule has 162 valence electrons. The molecule has 1 aliphatic carbocycles. The molecule has 2 aliphatic rings. The number of hydrogen-bond donors (Lipinski definition) is 2. The van der Waals surface area contributed by atoms with Crippen molar-refractivity contribution in [1.29, 1.82) is 0 Å². The Morgan fingerprint density at radius 1 is 0.903 bits per heavy atom. The summed E-state index contributed by atoms with van der Waals surface area (Å²) in [7, 11) is -3.41. The van der Waals surface area contributed by atoms with Crippen LogP contribution in [-0.4, -0.2) is 27.5 Å². The molecule has 2 N–H and O–H groups in total. The first-order valence-electron chi connectivity index (χ1n) is 10.4. The van der Waals surface area contributed by atoms with Crippen LogP contribution in [0.1, 0.15) is 16.7 Å². The zero-order valence-corrected chi connectivity index (χ0v) is 18.8. The third kappa shape index (κ3) is 4.62. The fourth-order valence-corrected chi connectivity index (χ4v) is 5.59. The molecule has 0 amide bonds. The van der Waals surface area contributed by atoms with Crippen molar-refractivity contribution < 1.29 is 8.42 Å². The van der Waals surface area contributed by atoms with Crippen molar-refractivity contribution in [2.75, 3.05) is 17.4 Å². The minimum absolute atomic E-state index is 0. The van der Waals surface area contributed by atoms with Gasteiger partial charge in [0.15, 0.2) is 0 Å². The highest BCUT2D eigenvalue weighted by molar-refractivity contribution is 7.91. The van der Waals surface area contributed by atoms with E-state index in [2.05, 4.69) is 58.6 Å². The minimum Gasteiger partial charge on any atom is -0.309 e. The number of halogens is 1. The van der Waals surface area contributed by atoms with Crippen LogP contribution in [0.5, 0.6) is 0 Å². The van der Waals surface area contributed by atoms with Gasteiger partial charge in [0.2, 0.25) is 0 Å². The molecule has 3 aromatic carbocycles. The van der Waals surface area contributed by atoms with Crippen LogP contribution in [0.25, 0.3) is 11.1 Å². The Balaban J connectivity index is 0.00000231. The quantitative estimate of drug-likeness (QED) is 0.616. The molecule has 5 nitrogen and oxygen atoms in total. The van der Waals surface area contributed by atoms with Crippen LogP contribution in [0.2, 0.25) is 0 Å². The summed E-state index contributed by atoms with van der Waals surface area (Å²) in [5.74, 6) is 0. The molecule has 1 aliphatic heterocycles. The molecule has 1 heterocycles. The summed E-state index contributed by atoms with van der Waals surface area (Å²) >= 11 is 0. The van der Waals surface area contributed by atoms with Gasteiger partial charge in [-0.1, -0.05) is 60.7 Å². The number of hydrogen-bond acceptors (Lipinski definition) is 3. The third-order valence-electron chi connectivity index (χ3n) is 5.96. The first-order valence-corrected chi connectivity index (χ1v) is 11.8. The maximum Gasteiger partial charge on any atom is 0.301 e. The summed E-state index contributed by atoms with van der Waals surface area (Å²) in [4.78, 5) is 0. The van der Waals surface area contributed by atoms with Crippen molar-refractivity contribution in [3.05, 3.63) is 89.5 Å². The van der Waals surface area contributed by atoms with E-state index in [1.165, 1.54) is 21.0 Å². The molecule has 0 spiro atoms. The van der Waals surface area contributed by atoms with Crippen LogP contribution in [0.4, 0.5) is 5.69 Å². The molecular formula is C24H26ClN3O2S. The first kappa shape index (κ1) is 21.8. The molecule has 7 heteroatoms. The Hall–Kier alpha value is -2.38. The highest BCUT2D eigenvalue weighted by Gasteiger charge is 2.28. The summed E-state index contributed by atoms with van der Waals surface area (Å²) in [5, 5.41) is 3.68. The Morgan fingerprint density at radius 2 is 1.61 bits per heavy atom. The lowest BCUT2D eigenvalue weighted by Gasteiger charge is -2.17. The van der Waals surface area contributed by atoms with Crippen molar-refractivity contribution in [1.82, 2.24) is 10.0 Å². The molecule has 0 aromatic heterocycles. The molecule has 1 saturated heterocycles. The highest BCUT2D eigenvalue weighted by atomic mass is 35.5. The lowest BCUT2D eigenvalue weighted by Crippen LogP contribution is -2.29. The van der Waals surface area contributed by atoms with Crippen LogP contribution in [0, 0.1) is 0 Å². The van der Waals surface area contributed by atoms with Gasteiger partial charge in [0.1, 0.15) is 0 Å². The van der Waals surface area contributed by atoms with Gasteiger partial charge in [0.25, 0.3) is 0 Å². The van der Waals surface area contributed by atoms with Gasteiger partial charge in [-0.25, -0.2) is 0 Å². The number of anilines is 1. The van der Waals surface area contributed by atoms with Crippen molar-refractivity contribution >= 4 is 28.3 Å². The van der Waals surface area contributed by atoms with E-state index in [0.717, 1.165) is 30.5 Å². The Kier molecular flexibility index (Phi) is 6.34. The van der Waals surface area contributed by atoms with Gasteiger partial charge < -0.3 is 5.32 Å². The fraction of sp³-hybridized carbons (Fsp3) is 0.250. The smallest absolute Gasteiger partial charge is 0.301 e. The highest BCUT2D eigenvalue weighted by Crippen LogP contribution is 2.27. The third-order valence-corrected chi connectivity index (χ3v) is 7.50. The molecular weight excluding hydrogens is 430 g/mol. The Bertz CT molecular complexity index is 1140. The number of benzene rings is 3. The summed E-state index contributed by atoms with van der Waals surface area (Å²) < 4.78 is 28.2. The van der Waals surface area contributed by atoms with Gasteiger partial charge in [-0.05, 0) is 52.8 Å². The SMILES string of the molecule is Cl.O=S1(=O)NCCN1c1cccc(-c2ccc(CNC3Cc4ccccc4C3)cc2)c1. The molecule has 1 fully saturated rings. The van der Waals surface area contributed by atoms with Crippen LogP contribution in [-0.2, 0) is 29.6 Å². The summed E-state index contributed by atoms with van der Waals surface area (Å²) in [5.41, 5.74) is 6.96. The number of nitrogens with zero attached hydrogens (tertiary/aromatic N) is 1. The number of rotatable bonds is 5. The zero-order valence-electron chi connectivity index (χ0n) is 17.1. The van der Waals surface area contributed by atoms with Crippen LogP contribution in [0.3, 0.4) is 0 Å². The molecule has 0 atom stereocenters. The monoisotopic (exact) mass is 455 g/mol. The van der Waals surface area contributed by atoms with E-state index in [9.17, 15) is 8.42 Å². The molecule has 0 bridgehead atoms. The lowest BCUT2D eigenvalue weighted by molar-refractivity contribution is 0.533. The normalized spacial score (nSPS) is 17.4. The van der Waals surface area contributed by atoms with Gasteiger partial charge in [-0.2, -0.15) is 13.1 Å². The topological polar surface area (TPSA) is 61.4 Å². The maximum absolute atomic E-state index is 12.1. The van der Waals surface area contributed by atoms with Gasteiger partial charge in [0, 0.05) is 25.7 Å². The average Bonchev–Trinajstić information content (AvgIpc) is 3.34. The molecule has 0 saturated carbocycles. The van der Waals surface area contributed by atoms with Crippen LogP contribution in [0.15, 0.2) is 72.8 Å². The molecule has 5 rings (SSSR count).